The topological polar surface area (TPSA) is 76.0 Å². The molecule has 1 amide bonds. The number of amides is 1. The van der Waals surface area contributed by atoms with E-state index in [9.17, 15) is 4.79 Å². The lowest BCUT2D eigenvalue weighted by molar-refractivity contribution is -0.115. The molecule has 3 aliphatic rings. The predicted octanol–water partition coefficient (Wildman–Crippen LogP) is 0.955. The Bertz CT molecular complexity index is 645. The van der Waals surface area contributed by atoms with Crippen molar-refractivity contribution in [2.75, 3.05) is 32.8 Å². The molecule has 2 unspecified atom stereocenters. The predicted molar refractivity (Wildman–Crippen MR) is 91.9 cm³/mol. The third-order valence-corrected chi connectivity index (χ3v) is 5.21. The van der Waals surface area contributed by atoms with Gasteiger partial charge in [-0.3, -0.25) is 14.7 Å². The summed E-state index contributed by atoms with van der Waals surface area (Å²) in [6.45, 7) is 5.08. The number of carbonyl (C=O) groups is 1. The van der Waals surface area contributed by atoms with Gasteiger partial charge in [0.1, 0.15) is 5.71 Å². The molecule has 7 nitrogen and oxygen atoms in total. The molecule has 4 rings (SSSR count). The molecular weight excluding hydrogens is 320 g/mol. The molecule has 7 heteroatoms. The minimum absolute atomic E-state index is 0.150. The Kier molecular flexibility index (Phi) is 4.67. The highest BCUT2D eigenvalue weighted by molar-refractivity contribution is 6.39. The number of nitrogens with zero attached hydrogens (tertiary/aromatic N) is 3. The Hall–Kier alpha value is -1.99. The largest absolute Gasteiger partial charge is 0.387 e. The number of ether oxygens (including phenoxy) is 1. The highest BCUT2D eigenvalue weighted by atomic mass is 16.7. The average Bonchev–Trinajstić information content (AvgIpc) is 3.37. The molecule has 25 heavy (non-hydrogen) atoms. The second kappa shape index (κ2) is 7.09. The number of nitrogens with one attached hydrogen (secondary N) is 1. The van der Waals surface area contributed by atoms with Crippen LogP contribution in [0.5, 0.6) is 0 Å². The number of oxime groups is 1. The quantitative estimate of drug-likeness (QED) is 0.861. The van der Waals surface area contributed by atoms with Crippen LogP contribution in [-0.2, 0) is 20.9 Å². The molecule has 2 atom stereocenters. The molecule has 1 spiro atoms. The highest BCUT2D eigenvalue weighted by Gasteiger charge is 2.46. The van der Waals surface area contributed by atoms with Gasteiger partial charge in [-0.2, -0.15) is 0 Å². The summed E-state index contributed by atoms with van der Waals surface area (Å²) in [5.41, 5.74) is 1.14. The fourth-order valence-corrected chi connectivity index (χ4v) is 3.83. The molecule has 0 saturated carbocycles. The summed E-state index contributed by atoms with van der Waals surface area (Å²) in [5.74, 6) is 0.475. The van der Waals surface area contributed by atoms with Crippen LogP contribution < -0.4 is 5.32 Å². The first kappa shape index (κ1) is 16.5. The standard InChI is InChI=1S/C18H24N4O3/c23-17(20-10-14-2-1-5-19-9-14)16-8-18(25-21-16)4-6-22(13-18)11-15-3-7-24-12-15/h1-2,5,9,15H,3-4,6-8,10-13H2,(H,20,23). The minimum atomic E-state index is -0.319. The molecule has 0 aromatic carbocycles. The number of hydrogen-bond donors (Lipinski definition) is 1. The van der Waals surface area contributed by atoms with Gasteiger partial charge in [0.05, 0.1) is 6.61 Å². The van der Waals surface area contributed by atoms with Crippen molar-refractivity contribution in [2.45, 2.75) is 31.4 Å². The zero-order valence-corrected chi connectivity index (χ0v) is 14.3. The molecule has 0 bridgehead atoms. The second-order valence-corrected chi connectivity index (χ2v) is 7.25. The average molecular weight is 344 g/mol. The van der Waals surface area contributed by atoms with Crippen LogP contribution in [0.3, 0.4) is 0 Å². The summed E-state index contributed by atoms with van der Waals surface area (Å²) in [6.07, 6.45) is 6.11. The van der Waals surface area contributed by atoms with E-state index in [1.165, 1.54) is 0 Å². The molecule has 1 aromatic heterocycles. The number of carbonyl (C=O) groups excluding carboxylic acids is 1. The molecule has 134 valence electrons. The van der Waals surface area contributed by atoms with Crippen LogP contribution in [0.2, 0.25) is 0 Å². The lowest BCUT2D eigenvalue weighted by Crippen LogP contribution is -2.38. The zero-order chi connectivity index (χ0) is 17.1. The van der Waals surface area contributed by atoms with Crippen molar-refractivity contribution >= 4 is 11.6 Å². The Morgan fingerprint density at radius 2 is 2.44 bits per heavy atom. The smallest absolute Gasteiger partial charge is 0.269 e. The number of aromatic nitrogens is 1. The third-order valence-electron chi connectivity index (χ3n) is 5.21. The number of likely N-dealkylation sites (tertiary alicyclic amines) is 1. The van der Waals surface area contributed by atoms with Crippen molar-refractivity contribution in [3.05, 3.63) is 30.1 Å². The number of hydrogen-bond acceptors (Lipinski definition) is 6. The van der Waals surface area contributed by atoms with E-state index in [2.05, 4.69) is 20.4 Å². The normalized spacial score (nSPS) is 29.0. The van der Waals surface area contributed by atoms with Crippen molar-refractivity contribution in [1.29, 1.82) is 0 Å². The van der Waals surface area contributed by atoms with Gasteiger partial charge in [0.15, 0.2) is 5.60 Å². The first-order valence-electron chi connectivity index (χ1n) is 8.95. The maximum absolute atomic E-state index is 12.3. The van der Waals surface area contributed by atoms with Gasteiger partial charge in [-0.25, -0.2) is 0 Å². The van der Waals surface area contributed by atoms with Crippen molar-refractivity contribution in [3.63, 3.8) is 0 Å². The van der Waals surface area contributed by atoms with Gasteiger partial charge in [-0.1, -0.05) is 11.2 Å². The molecule has 0 radical (unpaired) electrons. The second-order valence-electron chi connectivity index (χ2n) is 7.25. The van der Waals surface area contributed by atoms with Crippen LogP contribution in [0.25, 0.3) is 0 Å². The molecule has 2 fully saturated rings. The van der Waals surface area contributed by atoms with Crippen LogP contribution in [0.1, 0.15) is 24.8 Å². The Labute approximate surface area is 147 Å². The van der Waals surface area contributed by atoms with Crippen LogP contribution in [-0.4, -0.2) is 60.0 Å². The van der Waals surface area contributed by atoms with E-state index in [0.717, 1.165) is 51.3 Å². The summed E-state index contributed by atoms with van der Waals surface area (Å²) in [4.78, 5) is 24.5. The van der Waals surface area contributed by atoms with E-state index >= 15 is 0 Å². The highest BCUT2D eigenvalue weighted by Crippen LogP contribution is 2.34. The van der Waals surface area contributed by atoms with Crippen molar-refractivity contribution in [2.24, 2.45) is 11.1 Å². The van der Waals surface area contributed by atoms with E-state index in [1.807, 2.05) is 12.1 Å². The van der Waals surface area contributed by atoms with E-state index < -0.39 is 0 Å². The summed E-state index contributed by atoms with van der Waals surface area (Å²) in [5, 5.41) is 6.98. The van der Waals surface area contributed by atoms with Crippen molar-refractivity contribution in [3.8, 4) is 0 Å². The van der Waals surface area contributed by atoms with E-state index in [1.54, 1.807) is 12.4 Å². The molecule has 2 saturated heterocycles. The van der Waals surface area contributed by atoms with E-state index in [0.29, 0.717) is 24.6 Å². The van der Waals surface area contributed by atoms with Gasteiger partial charge in [0.2, 0.25) is 0 Å². The Morgan fingerprint density at radius 1 is 1.48 bits per heavy atom. The van der Waals surface area contributed by atoms with Crippen LogP contribution in [0.15, 0.2) is 29.7 Å². The van der Waals surface area contributed by atoms with Crippen molar-refractivity contribution in [1.82, 2.24) is 15.2 Å². The summed E-state index contributed by atoms with van der Waals surface area (Å²) in [6, 6.07) is 3.79. The van der Waals surface area contributed by atoms with Crippen LogP contribution >= 0.6 is 0 Å². The summed E-state index contributed by atoms with van der Waals surface area (Å²) < 4.78 is 5.46. The maximum atomic E-state index is 12.3. The van der Waals surface area contributed by atoms with Gasteiger partial charge < -0.3 is 14.9 Å². The van der Waals surface area contributed by atoms with Crippen molar-refractivity contribution < 1.29 is 14.4 Å². The molecular formula is C18H24N4O3. The number of pyridine rings is 1. The Morgan fingerprint density at radius 3 is 3.24 bits per heavy atom. The zero-order valence-electron chi connectivity index (χ0n) is 14.3. The van der Waals surface area contributed by atoms with Gasteiger partial charge in [-0.05, 0) is 24.0 Å². The van der Waals surface area contributed by atoms with E-state index in [4.69, 9.17) is 9.57 Å². The first-order chi connectivity index (χ1) is 12.2. The molecule has 0 aliphatic carbocycles. The lowest BCUT2D eigenvalue weighted by atomic mass is 9.96. The van der Waals surface area contributed by atoms with Gasteiger partial charge >= 0.3 is 0 Å². The molecule has 3 aliphatic heterocycles. The monoisotopic (exact) mass is 344 g/mol. The molecule has 4 heterocycles. The fraction of sp³-hybridized carbons (Fsp3) is 0.611. The minimum Gasteiger partial charge on any atom is -0.387 e. The van der Waals surface area contributed by atoms with Crippen LogP contribution in [0.4, 0.5) is 0 Å². The Balaban J connectivity index is 1.26. The maximum Gasteiger partial charge on any atom is 0.269 e. The third kappa shape index (κ3) is 3.82. The molecule has 1 N–H and O–H groups in total. The number of rotatable bonds is 5. The van der Waals surface area contributed by atoms with Crippen LogP contribution in [0, 0.1) is 5.92 Å². The fourth-order valence-electron chi connectivity index (χ4n) is 3.83. The van der Waals surface area contributed by atoms with Gasteiger partial charge in [0.25, 0.3) is 5.91 Å². The van der Waals surface area contributed by atoms with Gasteiger partial charge in [0, 0.05) is 58.0 Å². The van der Waals surface area contributed by atoms with E-state index in [-0.39, 0.29) is 11.5 Å². The van der Waals surface area contributed by atoms with Gasteiger partial charge in [-0.15, -0.1) is 0 Å². The lowest BCUT2D eigenvalue weighted by Gasteiger charge is -2.23. The summed E-state index contributed by atoms with van der Waals surface area (Å²) >= 11 is 0. The molecule has 1 aromatic rings. The first-order valence-corrected chi connectivity index (χ1v) is 8.95. The SMILES string of the molecule is O=C(NCc1cccnc1)C1=NOC2(CCN(CC3CCOC3)C2)C1. The summed E-state index contributed by atoms with van der Waals surface area (Å²) in [7, 11) is 0.